The maximum absolute atomic E-state index is 12.0. The number of ether oxygens (including phenoxy) is 11. The zero-order chi connectivity index (χ0) is 37.4. The van der Waals surface area contributed by atoms with Crippen molar-refractivity contribution < 1.29 is 61.7 Å². The molecule has 0 fully saturated rings. The Morgan fingerprint density at radius 2 is 0.942 bits per heavy atom. The molecule has 2 amide bonds. The Morgan fingerprint density at radius 3 is 1.38 bits per heavy atom. The van der Waals surface area contributed by atoms with E-state index >= 15 is 0 Å². The van der Waals surface area contributed by atoms with Gasteiger partial charge in [-0.05, 0) is 50.6 Å². The number of rotatable bonds is 31. The largest absolute Gasteiger partial charge is 0.491 e. The lowest BCUT2D eigenvalue weighted by atomic mass is 10.2. The number of nitrogens with one attached hydrogen (secondary N) is 2. The monoisotopic (exact) mass is 738 g/mol. The van der Waals surface area contributed by atoms with Gasteiger partial charge in [0.1, 0.15) is 24.6 Å². The number of carbonyl (C=O) groups excluding carboxylic acids is 2. The number of benzene rings is 2. The topological polar surface area (TPSA) is 160 Å². The summed E-state index contributed by atoms with van der Waals surface area (Å²) in [5, 5.41) is 5.32. The molecule has 2 aromatic rings. The quantitative estimate of drug-likeness (QED) is 0.105. The molecule has 0 aliphatic heterocycles. The Hall–Kier alpha value is -3.54. The first kappa shape index (κ1) is 44.6. The molecular formula is C37H58N2O13. The van der Waals surface area contributed by atoms with Gasteiger partial charge in [-0.2, -0.15) is 0 Å². The average Bonchev–Trinajstić information content (AvgIpc) is 3.12. The third-order valence-electron chi connectivity index (χ3n) is 6.33. The van der Waals surface area contributed by atoms with E-state index in [1.165, 1.54) is 0 Å². The summed E-state index contributed by atoms with van der Waals surface area (Å²) in [6.45, 7) is 13.8. The van der Waals surface area contributed by atoms with Crippen LogP contribution >= 0.6 is 0 Å². The highest BCUT2D eigenvalue weighted by Gasteiger charge is 2.15. The van der Waals surface area contributed by atoms with E-state index < -0.39 is 17.8 Å². The maximum Gasteiger partial charge on any atom is 0.411 e. The predicted molar refractivity (Wildman–Crippen MR) is 193 cm³/mol. The Morgan fingerprint density at radius 1 is 0.519 bits per heavy atom. The molecule has 2 aromatic carbocycles. The highest BCUT2D eigenvalue weighted by Crippen LogP contribution is 2.16. The van der Waals surface area contributed by atoms with Gasteiger partial charge in [0.15, 0.2) is 0 Å². The summed E-state index contributed by atoms with van der Waals surface area (Å²) >= 11 is 0. The van der Waals surface area contributed by atoms with E-state index in [-0.39, 0.29) is 6.61 Å². The third kappa shape index (κ3) is 27.2. The molecule has 0 atom stereocenters. The van der Waals surface area contributed by atoms with Crippen molar-refractivity contribution >= 4 is 17.9 Å². The van der Waals surface area contributed by atoms with Gasteiger partial charge in [-0.3, -0.25) is 5.32 Å². The number of hydrogen-bond donors (Lipinski definition) is 2. The second-order valence-electron chi connectivity index (χ2n) is 11.9. The SMILES string of the molecule is CC(C)(C)OC(=O)NCCOCCOCCOCCOCCOCCOCCOCCOCCOc1ccc(NC(=O)OCc2ccccc2)cc1. The predicted octanol–water partition coefficient (Wildman–Crippen LogP) is 4.47. The van der Waals surface area contributed by atoms with Crippen LogP contribution in [0.2, 0.25) is 0 Å². The minimum atomic E-state index is -0.519. The average molecular weight is 739 g/mol. The summed E-state index contributed by atoms with van der Waals surface area (Å²) in [5.74, 6) is 0.670. The van der Waals surface area contributed by atoms with Crippen molar-refractivity contribution in [2.24, 2.45) is 0 Å². The summed E-state index contributed by atoms with van der Waals surface area (Å²) in [6.07, 6.45) is -0.976. The van der Waals surface area contributed by atoms with Crippen molar-refractivity contribution in [2.45, 2.75) is 33.0 Å². The molecule has 52 heavy (non-hydrogen) atoms. The van der Waals surface area contributed by atoms with E-state index in [1.54, 1.807) is 24.3 Å². The fraction of sp³-hybridized carbons (Fsp3) is 0.622. The minimum absolute atomic E-state index is 0.207. The molecule has 294 valence electrons. The molecule has 0 radical (unpaired) electrons. The van der Waals surface area contributed by atoms with Crippen molar-refractivity contribution in [1.29, 1.82) is 0 Å². The van der Waals surface area contributed by atoms with E-state index in [2.05, 4.69) is 10.6 Å². The van der Waals surface area contributed by atoms with Gasteiger partial charge >= 0.3 is 12.2 Å². The fourth-order valence-corrected chi connectivity index (χ4v) is 3.91. The summed E-state index contributed by atoms with van der Waals surface area (Å²) in [5.41, 5.74) is 1.02. The molecule has 0 aromatic heterocycles. The molecule has 0 saturated heterocycles. The van der Waals surface area contributed by atoms with Crippen LogP contribution < -0.4 is 15.4 Å². The number of alkyl carbamates (subject to hydrolysis) is 1. The Bertz CT molecular complexity index is 1150. The van der Waals surface area contributed by atoms with Crippen molar-refractivity contribution in [3.8, 4) is 5.75 Å². The van der Waals surface area contributed by atoms with Gasteiger partial charge in [0.2, 0.25) is 0 Å². The minimum Gasteiger partial charge on any atom is -0.491 e. The molecule has 0 saturated carbocycles. The molecule has 0 bridgehead atoms. The van der Waals surface area contributed by atoms with Gasteiger partial charge in [0.25, 0.3) is 0 Å². The van der Waals surface area contributed by atoms with E-state index in [1.807, 2.05) is 51.1 Å². The summed E-state index contributed by atoms with van der Waals surface area (Å²) in [4.78, 5) is 23.5. The zero-order valence-corrected chi connectivity index (χ0v) is 30.9. The smallest absolute Gasteiger partial charge is 0.411 e. The van der Waals surface area contributed by atoms with Crippen molar-refractivity contribution in [1.82, 2.24) is 5.32 Å². The molecular weight excluding hydrogens is 680 g/mol. The van der Waals surface area contributed by atoms with Crippen molar-refractivity contribution in [3.05, 3.63) is 60.2 Å². The van der Waals surface area contributed by atoms with E-state index in [4.69, 9.17) is 52.1 Å². The molecule has 0 unspecified atom stereocenters. The first-order chi connectivity index (χ1) is 25.3. The number of anilines is 1. The van der Waals surface area contributed by atoms with Gasteiger partial charge in [-0.25, -0.2) is 9.59 Å². The first-order valence-electron chi connectivity index (χ1n) is 17.6. The standard InChI is InChI=1S/C37H58N2O13/c1-37(2,3)52-35(40)38-13-14-42-15-16-43-17-18-44-19-20-45-21-22-46-23-24-47-25-26-48-27-28-49-29-30-50-34-11-9-33(10-12-34)39-36(41)51-31-32-7-5-4-6-8-32/h4-12H,13-31H2,1-3H3,(H,38,40)(H,39,41). The Balaban J connectivity index is 1.23. The van der Waals surface area contributed by atoms with Gasteiger partial charge in [0, 0.05) is 12.2 Å². The molecule has 2 N–H and O–H groups in total. The van der Waals surface area contributed by atoms with Gasteiger partial charge in [-0.15, -0.1) is 0 Å². The summed E-state index contributed by atoms with van der Waals surface area (Å²) in [6, 6.07) is 16.5. The second kappa shape index (κ2) is 30.0. The van der Waals surface area contributed by atoms with Crippen LogP contribution in [0.1, 0.15) is 26.3 Å². The molecule has 15 heteroatoms. The first-order valence-corrected chi connectivity index (χ1v) is 17.6. The number of hydrogen-bond acceptors (Lipinski definition) is 13. The highest BCUT2D eigenvalue weighted by atomic mass is 16.6. The lowest BCUT2D eigenvalue weighted by molar-refractivity contribution is -0.0235. The van der Waals surface area contributed by atoms with Crippen molar-refractivity contribution in [3.63, 3.8) is 0 Å². The normalized spacial score (nSPS) is 11.3. The van der Waals surface area contributed by atoms with Gasteiger partial charge in [0.05, 0.1) is 106 Å². The van der Waals surface area contributed by atoms with Gasteiger partial charge < -0.3 is 57.4 Å². The van der Waals surface area contributed by atoms with Crippen LogP contribution in [0.4, 0.5) is 15.3 Å². The maximum atomic E-state index is 12.0. The molecule has 0 heterocycles. The molecule has 15 nitrogen and oxygen atoms in total. The molecule has 0 spiro atoms. The summed E-state index contributed by atoms with van der Waals surface area (Å²) in [7, 11) is 0. The van der Waals surface area contributed by atoms with E-state index in [0.29, 0.717) is 130 Å². The second-order valence-corrected chi connectivity index (χ2v) is 11.9. The van der Waals surface area contributed by atoms with Crippen LogP contribution in [-0.4, -0.2) is 137 Å². The van der Waals surface area contributed by atoms with Crippen LogP contribution in [0.3, 0.4) is 0 Å². The zero-order valence-electron chi connectivity index (χ0n) is 30.9. The summed E-state index contributed by atoms with van der Waals surface area (Å²) < 4.78 is 59.8. The Labute approximate surface area is 307 Å². The van der Waals surface area contributed by atoms with Crippen molar-refractivity contribution in [2.75, 3.05) is 124 Å². The molecule has 0 aliphatic rings. The number of carbonyl (C=O) groups is 2. The van der Waals surface area contributed by atoms with Gasteiger partial charge in [-0.1, -0.05) is 30.3 Å². The Kier molecular flexibility index (Phi) is 25.7. The molecule has 0 aliphatic carbocycles. The van der Waals surface area contributed by atoms with E-state index in [0.717, 1.165) is 5.56 Å². The fourth-order valence-electron chi connectivity index (χ4n) is 3.91. The van der Waals surface area contributed by atoms with Crippen LogP contribution in [0.15, 0.2) is 54.6 Å². The van der Waals surface area contributed by atoms with Crippen LogP contribution in [-0.2, 0) is 54.0 Å². The number of amides is 2. The lowest BCUT2D eigenvalue weighted by Gasteiger charge is -2.19. The highest BCUT2D eigenvalue weighted by molar-refractivity contribution is 5.84. The molecule has 2 rings (SSSR count). The third-order valence-corrected chi connectivity index (χ3v) is 6.33. The van der Waals surface area contributed by atoms with Crippen LogP contribution in [0.5, 0.6) is 5.75 Å². The lowest BCUT2D eigenvalue weighted by Crippen LogP contribution is -2.34. The van der Waals surface area contributed by atoms with Crippen LogP contribution in [0, 0.1) is 0 Å². The van der Waals surface area contributed by atoms with Crippen LogP contribution in [0.25, 0.3) is 0 Å². The van der Waals surface area contributed by atoms with E-state index in [9.17, 15) is 9.59 Å².